The Morgan fingerprint density at radius 1 is 1.28 bits per heavy atom. The van der Waals surface area contributed by atoms with Crippen molar-refractivity contribution in [1.82, 2.24) is 24.8 Å². The number of carbonyl (C=O) groups excluding carboxylic acids is 2. The van der Waals surface area contributed by atoms with E-state index in [-0.39, 0.29) is 40.9 Å². The molecular weight excluding hydrogens is 410 g/mol. The van der Waals surface area contributed by atoms with Crippen molar-refractivity contribution >= 4 is 22.8 Å². The number of H-pyrrole nitrogens is 1. The highest BCUT2D eigenvalue weighted by atomic mass is 16.2. The monoisotopic (exact) mass is 443 g/mol. The second-order valence-electron chi connectivity index (χ2n) is 9.95. The van der Waals surface area contributed by atoms with Crippen LogP contribution in [0.2, 0.25) is 0 Å². The molecule has 0 atom stereocenters. The highest BCUT2D eigenvalue weighted by Crippen LogP contribution is 2.40. The number of nitrogens with one attached hydrogen (secondary N) is 2. The SMILES string of the molecule is CCN(CC(=O)NC(C)(C)C)C(=O)c1cc(C2CC2)nc2c1c(=O)[nH]c(=O)n2CC(C)C. The van der Waals surface area contributed by atoms with E-state index < -0.39 is 22.7 Å². The predicted molar refractivity (Wildman–Crippen MR) is 123 cm³/mol. The molecule has 9 heteroatoms. The van der Waals surface area contributed by atoms with Gasteiger partial charge in [-0.25, -0.2) is 9.78 Å². The average Bonchev–Trinajstić information content (AvgIpc) is 3.51. The van der Waals surface area contributed by atoms with E-state index in [2.05, 4.69) is 15.3 Å². The number of likely N-dealkylation sites (N-methyl/N-ethyl adjacent to an activating group) is 1. The highest BCUT2D eigenvalue weighted by Gasteiger charge is 2.30. The molecule has 9 nitrogen and oxygen atoms in total. The van der Waals surface area contributed by atoms with Gasteiger partial charge in [-0.1, -0.05) is 13.8 Å². The molecule has 0 bridgehead atoms. The number of aromatic amines is 1. The van der Waals surface area contributed by atoms with Gasteiger partial charge in [-0.3, -0.25) is 23.9 Å². The molecule has 0 saturated heterocycles. The summed E-state index contributed by atoms with van der Waals surface area (Å²) in [4.78, 5) is 59.8. The van der Waals surface area contributed by atoms with E-state index in [1.807, 2.05) is 34.6 Å². The molecule has 3 rings (SSSR count). The Bertz CT molecular complexity index is 1150. The molecule has 2 N–H and O–H groups in total. The minimum atomic E-state index is -0.640. The average molecular weight is 444 g/mol. The fourth-order valence-corrected chi connectivity index (χ4v) is 3.71. The van der Waals surface area contributed by atoms with Gasteiger partial charge in [0.1, 0.15) is 0 Å². The van der Waals surface area contributed by atoms with Crippen LogP contribution in [0.15, 0.2) is 15.7 Å². The Morgan fingerprint density at radius 2 is 1.94 bits per heavy atom. The number of carbonyl (C=O) groups is 2. The molecule has 32 heavy (non-hydrogen) atoms. The highest BCUT2D eigenvalue weighted by molar-refractivity contribution is 6.06. The number of pyridine rings is 1. The maximum atomic E-state index is 13.5. The molecule has 0 aromatic carbocycles. The Morgan fingerprint density at radius 3 is 2.47 bits per heavy atom. The Kier molecular flexibility index (Phi) is 6.57. The Hall–Kier alpha value is -2.97. The smallest absolute Gasteiger partial charge is 0.330 e. The maximum Gasteiger partial charge on any atom is 0.330 e. The van der Waals surface area contributed by atoms with Crippen LogP contribution in [-0.4, -0.2) is 49.9 Å². The van der Waals surface area contributed by atoms with Crippen molar-refractivity contribution in [1.29, 1.82) is 0 Å². The van der Waals surface area contributed by atoms with Gasteiger partial charge in [0.05, 0.1) is 17.5 Å². The van der Waals surface area contributed by atoms with Crippen molar-refractivity contribution < 1.29 is 9.59 Å². The van der Waals surface area contributed by atoms with Crippen molar-refractivity contribution in [2.75, 3.05) is 13.1 Å². The minimum absolute atomic E-state index is 0.0920. The first kappa shape index (κ1) is 23.7. The zero-order chi connectivity index (χ0) is 23.8. The molecule has 0 aliphatic heterocycles. The summed E-state index contributed by atoms with van der Waals surface area (Å²) in [6, 6.07) is 1.66. The van der Waals surface area contributed by atoms with Gasteiger partial charge in [-0.15, -0.1) is 0 Å². The largest absolute Gasteiger partial charge is 0.350 e. The molecule has 2 aromatic heterocycles. The van der Waals surface area contributed by atoms with Gasteiger partial charge in [0.25, 0.3) is 11.5 Å². The molecule has 0 radical (unpaired) electrons. The third-order valence-electron chi connectivity index (χ3n) is 5.26. The number of aromatic nitrogens is 3. The fraction of sp³-hybridized carbons (Fsp3) is 0.609. The molecule has 2 heterocycles. The van der Waals surface area contributed by atoms with Crippen LogP contribution >= 0.6 is 0 Å². The van der Waals surface area contributed by atoms with Crippen molar-refractivity contribution in [3.05, 3.63) is 38.2 Å². The van der Waals surface area contributed by atoms with Gasteiger partial charge >= 0.3 is 5.69 Å². The van der Waals surface area contributed by atoms with Crippen LogP contribution < -0.4 is 16.6 Å². The number of fused-ring (bicyclic) bond motifs is 1. The first-order chi connectivity index (χ1) is 14.9. The number of rotatable bonds is 7. The molecule has 1 saturated carbocycles. The fourth-order valence-electron chi connectivity index (χ4n) is 3.71. The summed E-state index contributed by atoms with van der Waals surface area (Å²) in [5.74, 6) is -0.349. The standard InChI is InChI=1S/C23H33N5O4/c1-7-27(12-17(29)26-23(4,5)6)21(31)15-10-16(14-8-9-14)24-19-18(15)20(30)25-22(32)28(19)11-13(2)3/h10,13-14H,7-9,11-12H2,1-6H3,(H,26,29)(H,25,30,32). The lowest BCUT2D eigenvalue weighted by atomic mass is 10.1. The Labute approximate surface area is 187 Å². The van der Waals surface area contributed by atoms with E-state index in [0.29, 0.717) is 18.8 Å². The molecule has 1 aliphatic carbocycles. The normalized spacial score (nSPS) is 14.1. The van der Waals surface area contributed by atoms with E-state index in [0.717, 1.165) is 12.8 Å². The topological polar surface area (TPSA) is 117 Å². The van der Waals surface area contributed by atoms with Crippen LogP contribution in [0.3, 0.4) is 0 Å². The van der Waals surface area contributed by atoms with Crippen LogP contribution in [0, 0.1) is 5.92 Å². The van der Waals surface area contributed by atoms with Gasteiger partial charge in [0, 0.05) is 30.2 Å². The van der Waals surface area contributed by atoms with Crippen LogP contribution in [0.5, 0.6) is 0 Å². The number of hydrogen-bond donors (Lipinski definition) is 2. The molecule has 0 spiro atoms. The molecule has 2 amide bonds. The first-order valence-corrected chi connectivity index (χ1v) is 11.2. The first-order valence-electron chi connectivity index (χ1n) is 11.2. The molecular formula is C23H33N5O4. The van der Waals surface area contributed by atoms with E-state index >= 15 is 0 Å². The van der Waals surface area contributed by atoms with Crippen LogP contribution in [0.25, 0.3) is 11.0 Å². The molecule has 0 unspecified atom stereocenters. The van der Waals surface area contributed by atoms with E-state index in [4.69, 9.17) is 0 Å². The summed E-state index contributed by atoms with van der Waals surface area (Å²) in [6.07, 6.45) is 1.91. The quantitative estimate of drug-likeness (QED) is 0.679. The van der Waals surface area contributed by atoms with Crippen LogP contribution in [0.4, 0.5) is 0 Å². The van der Waals surface area contributed by atoms with Crippen molar-refractivity contribution in [2.24, 2.45) is 5.92 Å². The minimum Gasteiger partial charge on any atom is -0.350 e. The maximum absolute atomic E-state index is 13.5. The van der Waals surface area contributed by atoms with Gasteiger partial charge < -0.3 is 10.2 Å². The molecule has 1 aliphatic rings. The van der Waals surface area contributed by atoms with Crippen molar-refractivity contribution in [3.63, 3.8) is 0 Å². The van der Waals surface area contributed by atoms with Gasteiger partial charge in [0.2, 0.25) is 5.91 Å². The lowest BCUT2D eigenvalue weighted by Crippen LogP contribution is -2.47. The summed E-state index contributed by atoms with van der Waals surface area (Å²) < 4.78 is 1.44. The van der Waals surface area contributed by atoms with Gasteiger partial charge in [-0.05, 0) is 52.5 Å². The third kappa shape index (κ3) is 5.26. The lowest BCUT2D eigenvalue weighted by molar-refractivity contribution is -0.123. The summed E-state index contributed by atoms with van der Waals surface area (Å²) >= 11 is 0. The molecule has 2 aromatic rings. The van der Waals surface area contributed by atoms with E-state index in [1.165, 1.54) is 9.47 Å². The number of amides is 2. The van der Waals surface area contributed by atoms with Crippen LogP contribution in [0.1, 0.15) is 76.4 Å². The summed E-state index contributed by atoms with van der Waals surface area (Å²) in [6.45, 7) is 11.9. The zero-order valence-corrected chi connectivity index (χ0v) is 19.7. The van der Waals surface area contributed by atoms with Crippen molar-refractivity contribution in [3.8, 4) is 0 Å². The van der Waals surface area contributed by atoms with Gasteiger partial charge in [-0.2, -0.15) is 0 Å². The van der Waals surface area contributed by atoms with Crippen LogP contribution in [-0.2, 0) is 11.3 Å². The third-order valence-corrected chi connectivity index (χ3v) is 5.26. The zero-order valence-electron chi connectivity index (χ0n) is 19.7. The summed E-state index contributed by atoms with van der Waals surface area (Å²) in [5, 5.41) is 2.95. The molecule has 1 fully saturated rings. The second-order valence-corrected chi connectivity index (χ2v) is 9.95. The Balaban J connectivity index is 2.14. The summed E-state index contributed by atoms with van der Waals surface area (Å²) in [7, 11) is 0. The summed E-state index contributed by atoms with van der Waals surface area (Å²) in [5.41, 5.74) is -0.480. The van der Waals surface area contributed by atoms with E-state index in [1.54, 1.807) is 13.0 Å². The van der Waals surface area contributed by atoms with Crippen molar-refractivity contribution in [2.45, 2.75) is 72.4 Å². The number of hydrogen-bond acceptors (Lipinski definition) is 5. The molecule has 174 valence electrons. The lowest BCUT2D eigenvalue weighted by Gasteiger charge is -2.25. The van der Waals surface area contributed by atoms with E-state index in [9.17, 15) is 19.2 Å². The van der Waals surface area contributed by atoms with Gasteiger partial charge in [0.15, 0.2) is 5.65 Å². The number of nitrogens with zero attached hydrogens (tertiary/aromatic N) is 3. The second kappa shape index (κ2) is 8.88. The predicted octanol–water partition coefficient (Wildman–Crippen LogP) is 1.99.